The van der Waals surface area contributed by atoms with Crippen molar-refractivity contribution in [3.8, 4) is 5.75 Å². The average Bonchev–Trinajstić information content (AvgIpc) is 3.01. The van der Waals surface area contributed by atoms with Gasteiger partial charge in [0.25, 0.3) is 0 Å². The molecular weight excluding hydrogens is 398 g/mol. The number of nitrogens with zero attached hydrogens (tertiary/aromatic N) is 2. The van der Waals surface area contributed by atoms with E-state index in [0.717, 1.165) is 62.0 Å². The summed E-state index contributed by atoms with van der Waals surface area (Å²) in [4.78, 5) is 14.7. The molecule has 0 aliphatic carbocycles. The van der Waals surface area contributed by atoms with E-state index in [-0.39, 0.29) is 11.3 Å². The number of phenolic OH excluding ortho intramolecular Hbond substituents is 1. The number of aromatic hydroxyl groups is 1. The van der Waals surface area contributed by atoms with E-state index >= 15 is 0 Å². The normalized spacial score (nSPS) is 14.6. The van der Waals surface area contributed by atoms with Crippen LogP contribution in [0.4, 0.5) is 0 Å². The number of phenols is 1. The molecule has 0 spiro atoms. The van der Waals surface area contributed by atoms with E-state index in [1.165, 1.54) is 12.3 Å². The van der Waals surface area contributed by atoms with E-state index in [1.807, 2.05) is 0 Å². The van der Waals surface area contributed by atoms with Crippen LogP contribution in [0, 0.1) is 5.92 Å². The minimum absolute atomic E-state index is 0.116. The van der Waals surface area contributed by atoms with Gasteiger partial charge in [-0.1, -0.05) is 53.2 Å². The lowest BCUT2D eigenvalue weighted by Crippen LogP contribution is -2.25. The van der Waals surface area contributed by atoms with Gasteiger partial charge in [-0.3, -0.25) is 14.3 Å². The van der Waals surface area contributed by atoms with Crippen LogP contribution in [0.5, 0.6) is 5.75 Å². The average molecular weight is 445 g/mol. The lowest BCUT2D eigenvalue weighted by Gasteiger charge is -2.24. The number of hydrogen-bond acceptors (Lipinski definition) is 3. The van der Waals surface area contributed by atoms with Gasteiger partial charge in [-0.05, 0) is 53.7 Å². The van der Waals surface area contributed by atoms with Crippen molar-refractivity contribution in [3.05, 3.63) is 28.8 Å². The molecule has 2 rings (SSSR count). The topological polar surface area (TPSA) is 55.6 Å². The molecule has 0 saturated carbocycles. The van der Waals surface area contributed by atoms with Crippen LogP contribution in [0.25, 0.3) is 0 Å². The van der Waals surface area contributed by atoms with Gasteiger partial charge in [0.15, 0.2) is 0 Å². The van der Waals surface area contributed by atoms with Crippen LogP contribution < -0.4 is 5.32 Å². The second kappa shape index (κ2) is 11.7. The predicted octanol–water partition coefficient (Wildman–Crippen LogP) is 4.48. The van der Waals surface area contributed by atoms with E-state index in [9.17, 15) is 9.90 Å². The SMILES string of the molecule is CC(C)Cc1cc(CCC(=O)NCCCCCC2=[N+](C)CCN2C)cc(C(C)(C)C)c1O. The van der Waals surface area contributed by atoms with Gasteiger partial charge in [0, 0.05) is 19.4 Å². The van der Waals surface area contributed by atoms with Crippen LogP contribution in [0.3, 0.4) is 0 Å². The van der Waals surface area contributed by atoms with Crippen molar-refractivity contribution < 1.29 is 14.5 Å². The first-order chi connectivity index (χ1) is 15.0. The van der Waals surface area contributed by atoms with Gasteiger partial charge in [0.1, 0.15) is 18.8 Å². The summed E-state index contributed by atoms with van der Waals surface area (Å²) in [6.45, 7) is 13.7. The summed E-state index contributed by atoms with van der Waals surface area (Å²) in [7, 11) is 4.34. The maximum Gasteiger partial charge on any atom is 0.246 e. The molecule has 0 radical (unpaired) electrons. The Balaban J connectivity index is 1.79. The maximum atomic E-state index is 12.4. The lowest BCUT2D eigenvalue weighted by atomic mass is 9.82. The zero-order chi connectivity index (χ0) is 23.9. The van der Waals surface area contributed by atoms with Gasteiger partial charge in [0.2, 0.25) is 11.7 Å². The van der Waals surface area contributed by atoms with Crippen LogP contribution in [0.1, 0.15) is 83.4 Å². The van der Waals surface area contributed by atoms with Crippen molar-refractivity contribution in [1.29, 1.82) is 0 Å². The monoisotopic (exact) mass is 444 g/mol. The van der Waals surface area contributed by atoms with Crippen molar-refractivity contribution in [2.24, 2.45) is 5.92 Å². The third-order valence-corrected chi connectivity index (χ3v) is 6.38. The smallest absolute Gasteiger partial charge is 0.246 e. The van der Waals surface area contributed by atoms with Crippen molar-refractivity contribution in [1.82, 2.24) is 10.2 Å². The number of rotatable bonds is 11. The maximum absolute atomic E-state index is 12.4. The number of hydrogen-bond donors (Lipinski definition) is 2. The highest BCUT2D eigenvalue weighted by atomic mass is 16.3. The Morgan fingerprint density at radius 3 is 2.50 bits per heavy atom. The van der Waals surface area contributed by atoms with Gasteiger partial charge >= 0.3 is 0 Å². The van der Waals surface area contributed by atoms with E-state index in [4.69, 9.17) is 0 Å². The molecule has 1 heterocycles. The fraction of sp³-hybridized carbons (Fsp3) is 0.704. The summed E-state index contributed by atoms with van der Waals surface area (Å²) in [6, 6.07) is 4.17. The first-order valence-electron chi connectivity index (χ1n) is 12.4. The molecule has 5 nitrogen and oxygen atoms in total. The summed E-state index contributed by atoms with van der Waals surface area (Å²) < 4.78 is 2.35. The summed E-state index contributed by atoms with van der Waals surface area (Å²) in [5.74, 6) is 2.45. The first kappa shape index (κ1) is 26.2. The number of carbonyl (C=O) groups is 1. The number of nitrogens with one attached hydrogen (secondary N) is 1. The summed E-state index contributed by atoms with van der Waals surface area (Å²) >= 11 is 0. The van der Waals surface area contributed by atoms with Crippen molar-refractivity contribution >= 4 is 11.7 Å². The summed E-state index contributed by atoms with van der Waals surface area (Å²) in [5, 5.41) is 13.9. The fourth-order valence-corrected chi connectivity index (χ4v) is 4.46. The zero-order valence-corrected chi connectivity index (χ0v) is 21.6. The molecule has 1 aromatic carbocycles. The molecule has 0 saturated heterocycles. The number of benzene rings is 1. The van der Waals surface area contributed by atoms with E-state index in [2.05, 4.69) is 75.6 Å². The Kier molecular flexibility index (Phi) is 9.60. The number of amidine groups is 1. The molecule has 0 bridgehead atoms. The molecule has 1 amide bonds. The molecule has 32 heavy (non-hydrogen) atoms. The van der Waals surface area contributed by atoms with Crippen LogP contribution in [0.15, 0.2) is 12.1 Å². The first-order valence-corrected chi connectivity index (χ1v) is 12.4. The van der Waals surface area contributed by atoms with Crippen LogP contribution in [0.2, 0.25) is 0 Å². The van der Waals surface area contributed by atoms with Gasteiger partial charge < -0.3 is 10.4 Å². The highest BCUT2D eigenvalue weighted by molar-refractivity contribution is 5.78. The Bertz CT molecular complexity index is 806. The van der Waals surface area contributed by atoms with E-state index in [1.54, 1.807) is 0 Å². The quantitative estimate of drug-likeness (QED) is 0.391. The molecule has 0 aromatic heterocycles. The molecule has 180 valence electrons. The number of unbranched alkanes of at least 4 members (excludes halogenated alkanes) is 2. The zero-order valence-electron chi connectivity index (χ0n) is 21.6. The van der Waals surface area contributed by atoms with Crippen LogP contribution >= 0.6 is 0 Å². The second-order valence-corrected chi connectivity index (χ2v) is 10.9. The third-order valence-electron chi connectivity index (χ3n) is 6.38. The van der Waals surface area contributed by atoms with Crippen LogP contribution in [-0.4, -0.2) is 60.1 Å². The van der Waals surface area contributed by atoms with E-state index in [0.29, 0.717) is 24.5 Å². The van der Waals surface area contributed by atoms with Crippen molar-refractivity contribution in [3.63, 3.8) is 0 Å². The molecule has 1 aliphatic heterocycles. The Morgan fingerprint density at radius 2 is 1.91 bits per heavy atom. The molecule has 1 aromatic rings. The standard InChI is InChI=1S/C27H45N3O2/c1-20(2)17-22-18-21(19-23(26(22)32)27(3,4)5)12-13-24(31)28-14-10-8-9-11-25-29(6)15-16-30(25)7/h18-20H,8-17H2,1-7H3,(H-,28,31,32)/p+1. The van der Waals surface area contributed by atoms with Gasteiger partial charge in [-0.25, -0.2) is 0 Å². The van der Waals surface area contributed by atoms with Gasteiger partial charge in [-0.2, -0.15) is 0 Å². The predicted molar refractivity (Wildman–Crippen MR) is 134 cm³/mol. The van der Waals surface area contributed by atoms with Crippen molar-refractivity contribution in [2.75, 3.05) is 33.7 Å². The fourth-order valence-electron chi connectivity index (χ4n) is 4.46. The number of amides is 1. The highest BCUT2D eigenvalue weighted by Crippen LogP contribution is 2.35. The summed E-state index contributed by atoms with van der Waals surface area (Å²) in [5.41, 5.74) is 2.98. The minimum Gasteiger partial charge on any atom is -0.507 e. The Hall–Kier alpha value is -2.04. The lowest BCUT2D eigenvalue weighted by molar-refractivity contribution is -0.487. The molecule has 0 unspecified atom stereocenters. The van der Waals surface area contributed by atoms with Crippen molar-refractivity contribution in [2.45, 2.75) is 85.0 Å². The second-order valence-electron chi connectivity index (χ2n) is 10.9. The van der Waals surface area contributed by atoms with E-state index < -0.39 is 0 Å². The third kappa shape index (κ3) is 7.83. The largest absolute Gasteiger partial charge is 0.507 e. The molecular formula is C27H46N3O2+. The number of carbonyl (C=O) groups excluding carboxylic acids is 1. The molecule has 1 aliphatic rings. The minimum atomic E-state index is -0.130. The Morgan fingerprint density at radius 1 is 1.19 bits per heavy atom. The molecule has 2 N–H and O–H groups in total. The molecule has 0 fully saturated rings. The van der Waals surface area contributed by atoms with Gasteiger partial charge in [-0.15, -0.1) is 0 Å². The number of likely N-dealkylation sites (N-methyl/N-ethyl adjacent to an activating group) is 2. The molecule has 0 atom stereocenters. The summed E-state index contributed by atoms with van der Waals surface area (Å²) in [6.07, 6.45) is 6.49. The van der Waals surface area contributed by atoms with Crippen LogP contribution in [-0.2, 0) is 23.1 Å². The number of aryl methyl sites for hydroxylation is 1. The highest BCUT2D eigenvalue weighted by Gasteiger charge is 2.24. The van der Waals surface area contributed by atoms with Gasteiger partial charge in [0.05, 0.1) is 14.1 Å². The molecule has 5 heteroatoms. The Labute approximate surface area is 195 Å².